The average molecular weight is 420 g/mol. The molecule has 1 saturated carbocycles. The number of hydrogen-bond acceptors (Lipinski definition) is 3. The molecule has 0 amide bonds. The molecule has 4 atom stereocenters. The Bertz CT molecular complexity index is 657. The van der Waals surface area contributed by atoms with Crippen molar-refractivity contribution in [3.63, 3.8) is 0 Å². The molecular formula is C19H21Cl3O2S. The van der Waals surface area contributed by atoms with Crippen LogP contribution in [0.1, 0.15) is 24.1 Å². The Morgan fingerprint density at radius 2 is 1.92 bits per heavy atom. The number of aliphatic hydroxyl groups excluding tert-OH is 1. The third-order valence-electron chi connectivity index (χ3n) is 4.79. The first kappa shape index (κ1) is 19.3. The number of aryl methyl sites for hydroxylation is 1. The molecule has 1 aromatic carbocycles. The van der Waals surface area contributed by atoms with Gasteiger partial charge in [-0.1, -0.05) is 29.3 Å². The number of alkyl halides is 1. The van der Waals surface area contributed by atoms with Gasteiger partial charge in [-0.05, 0) is 61.2 Å². The third-order valence-corrected chi connectivity index (χ3v) is 6.67. The van der Waals surface area contributed by atoms with E-state index < -0.39 is 6.10 Å². The molecule has 1 fully saturated rings. The summed E-state index contributed by atoms with van der Waals surface area (Å²) in [6.45, 7) is 0.421. The van der Waals surface area contributed by atoms with Crippen molar-refractivity contribution in [3.05, 3.63) is 50.6 Å². The molecule has 2 aromatic rings. The van der Waals surface area contributed by atoms with Crippen molar-refractivity contribution in [2.45, 2.75) is 37.2 Å². The summed E-state index contributed by atoms with van der Waals surface area (Å²) in [6.07, 6.45) is 3.32. The number of thiophene rings is 1. The fourth-order valence-electron chi connectivity index (χ4n) is 3.53. The Kier molecular flexibility index (Phi) is 6.93. The van der Waals surface area contributed by atoms with Crippen LogP contribution in [0.4, 0.5) is 0 Å². The fraction of sp³-hybridized carbons (Fsp3) is 0.474. The lowest BCUT2D eigenvalue weighted by atomic mass is 9.90. The third kappa shape index (κ3) is 5.27. The van der Waals surface area contributed by atoms with Crippen LogP contribution < -0.4 is 4.74 Å². The minimum atomic E-state index is -0.427. The van der Waals surface area contributed by atoms with E-state index >= 15 is 0 Å². The van der Waals surface area contributed by atoms with Gasteiger partial charge in [0.1, 0.15) is 5.75 Å². The summed E-state index contributed by atoms with van der Waals surface area (Å²) in [4.78, 5) is 1.39. The van der Waals surface area contributed by atoms with Crippen LogP contribution in [-0.4, -0.2) is 23.2 Å². The van der Waals surface area contributed by atoms with Gasteiger partial charge >= 0.3 is 0 Å². The molecule has 0 bridgehead atoms. The lowest BCUT2D eigenvalue weighted by molar-refractivity contribution is 0.0781. The molecule has 0 spiro atoms. The van der Waals surface area contributed by atoms with Crippen LogP contribution in [-0.2, 0) is 6.42 Å². The zero-order valence-corrected chi connectivity index (χ0v) is 16.8. The number of hydrogen-bond donors (Lipinski definition) is 1. The minimum absolute atomic E-state index is 0.00474. The van der Waals surface area contributed by atoms with Gasteiger partial charge in [0.25, 0.3) is 0 Å². The Labute approximate surface area is 167 Å². The molecule has 25 heavy (non-hydrogen) atoms. The maximum absolute atomic E-state index is 10.4. The molecule has 0 saturated heterocycles. The van der Waals surface area contributed by atoms with E-state index in [4.69, 9.17) is 39.5 Å². The van der Waals surface area contributed by atoms with Gasteiger partial charge in [0.05, 0.1) is 12.7 Å². The van der Waals surface area contributed by atoms with Crippen LogP contribution in [0.2, 0.25) is 10.0 Å². The van der Waals surface area contributed by atoms with Gasteiger partial charge in [-0.15, -0.1) is 22.9 Å². The zero-order valence-electron chi connectivity index (χ0n) is 13.7. The van der Waals surface area contributed by atoms with Crippen molar-refractivity contribution in [2.75, 3.05) is 6.61 Å². The Hall–Kier alpha value is -0.450. The van der Waals surface area contributed by atoms with Crippen LogP contribution in [0, 0.1) is 11.8 Å². The van der Waals surface area contributed by atoms with Gasteiger partial charge in [0.15, 0.2) is 0 Å². The zero-order chi connectivity index (χ0) is 17.8. The number of benzene rings is 1. The molecular weight excluding hydrogens is 399 g/mol. The highest BCUT2D eigenvalue weighted by molar-refractivity contribution is 7.09. The van der Waals surface area contributed by atoms with Crippen molar-refractivity contribution in [1.82, 2.24) is 0 Å². The van der Waals surface area contributed by atoms with E-state index in [1.165, 1.54) is 4.88 Å². The molecule has 0 unspecified atom stereocenters. The number of halogens is 3. The molecule has 3 rings (SSSR count). The molecule has 1 heterocycles. The van der Waals surface area contributed by atoms with E-state index in [9.17, 15) is 5.11 Å². The molecule has 2 nitrogen and oxygen atoms in total. The summed E-state index contributed by atoms with van der Waals surface area (Å²) >= 11 is 20.3. The lowest BCUT2D eigenvalue weighted by Gasteiger charge is -2.23. The monoisotopic (exact) mass is 418 g/mol. The van der Waals surface area contributed by atoms with Gasteiger partial charge in [-0.3, -0.25) is 0 Å². The van der Waals surface area contributed by atoms with E-state index in [0.717, 1.165) is 19.3 Å². The summed E-state index contributed by atoms with van der Waals surface area (Å²) in [5.41, 5.74) is 0. The van der Waals surface area contributed by atoms with E-state index in [-0.39, 0.29) is 17.2 Å². The number of rotatable bonds is 7. The summed E-state index contributed by atoms with van der Waals surface area (Å²) in [6, 6.07) is 9.38. The standard InChI is InChI=1S/C19H21Cl3O2S/c20-12-7-13(21)9-14(8-12)24-11-17-16(18(22)10-19(17)23)5-1-3-15-4-2-6-25-15/h2,4,6-9,16-19,23H,1,3,5,10-11H2/t16-,17-,18-,19-/m1/s1. The van der Waals surface area contributed by atoms with Gasteiger partial charge < -0.3 is 9.84 Å². The Morgan fingerprint density at radius 1 is 1.16 bits per heavy atom. The Morgan fingerprint density at radius 3 is 2.60 bits per heavy atom. The van der Waals surface area contributed by atoms with Crippen LogP contribution in [0.25, 0.3) is 0 Å². The van der Waals surface area contributed by atoms with Crippen molar-refractivity contribution in [3.8, 4) is 5.75 Å². The summed E-state index contributed by atoms with van der Waals surface area (Å²) in [7, 11) is 0. The summed E-state index contributed by atoms with van der Waals surface area (Å²) < 4.78 is 5.87. The van der Waals surface area contributed by atoms with Crippen molar-refractivity contribution >= 4 is 46.1 Å². The summed E-state index contributed by atoms with van der Waals surface area (Å²) in [5, 5.41) is 13.6. The van der Waals surface area contributed by atoms with Crippen LogP contribution in [0.5, 0.6) is 5.75 Å². The minimum Gasteiger partial charge on any atom is -0.493 e. The number of ether oxygens (including phenoxy) is 1. The van der Waals surface area contributed by atoms with Crippen molar-refractivity contribution in [1.29, 1.82) is 0 Å². The predicted octanol–water partition coefficient (Wildman–Crippen LogP) is 6.06. The first-order valence-electron chi connectivity index (χ1n) is 8.46. The highest BCUT2D eigenvalue weighted by Gasteiger charge is 2.41. The first-order chi connectivity index (χ1) is 12.0. The normalized spacial score (nSPS) is 26.1. The molecule has 1 N–H and O–H groups in total. The Balaban J connectivity index is 1.57. The van der Waals surface area contributed by atoms with Gasteiger partial charge in [0.2, 0.25) is 0 Å². The van der Waals surface area contributed by atoms with Gasteiger partial charge in [0, 0.05) is 26.2 Å². The second-order valence-corrected chi connectivity index (χ2v) is 9.00. The highest BCUT2D eigenvalue weighted by Crippen LogP contribution is 2.40. The summed E-state index contributed by atoms with van der Waals surface area (Å²) in [5.74, 6) is 0.912. The highest BCUT2D eigenvalue weighted by atomic mass is 35.5. The van der Waals surface area contributed by atoms with Gasteiger partial charge in [-0.2, -0.15) is 0 Å². The SMILES string of the molecule is O[C@@H]1C[C@@H](Cl)[C@H](CCCc2cccs2)[C@H]1COc1cc(Cl)cc(Cl)c1. The largest absolute Gasteiger partial charge is 0.493 e. The smallest absolute Gasteiger partial charge is 0.122 e. The molecule has 1 aliphatic rings. The van der Waals surface area contributed by atoms with Crippen LogP contribution in [0.3, 0.4) is 0 Å². The maximum atomic E-state index is 10.4. The predicted molar refractivity (Wildman–Crippen MR) is 106 cm³/mol. The second kappa shape index (κ2) is 8.96. The van der Waals surface area contributed by atoms with Crippen LogP contribution in [0.15, 0.2) is 35.7 Å². The van der Waals surface area contributed by atoms with Crippen LogP contribution >= 0.6 is 46.1 Å². The van der Waals surface area contributed by atoms with E-state index in [1.54, 1.807) is 29.5 Å². The van der Waals surface area contributed by atoms with E-state index in [2.05, 4.69) is 17.5 Å². The molecule has 1 aliphatic carbocycles. The molecule has 1 aromatic heterocycles. The topological polar surface area (TPSA) is 29.5 Å². The quantitative estimate of drug-likeness (QED) is 0.553. The number of aliphatic hydroxyl groups is 1. The van der Waals surface area contributed by atoms with E-state index in [1.807, 2.05) is 0 Å². The molecule has 0 radical (unpaired) electrons. The first-order valence-corrected chi connectivity index (χ1v) is 10.5. The average Bonchev–Trinajstić information content (AvgIpc) is 3.14. The molecule has 0 aliphatic heterocycles. The second-order valence-electron chi connectivity index (χ2n) is 6.53. The fourth-order valence-corrected chi connectivity index (χ4v) is 5.29. The van der Waals surface area contributed by atoms with Crippen molar-refractivity contribution < 1.29 is 9.84 Å². The van der Waals surface area contributed by atoms with Crippen molar-refractivity contribution in [2.24, 2.45) is 11.8 Å². The lowest BCUT2D eigenvalue weighted by Crippen LogP contribution is -2.27. The maximum Gasteiger partial charge on any atom is 0.122 e. The van der Waals surface area contributed by atoms with Gasteiger partial charge in [-0.25, -0.2) is 0 Å². The molecule has 136 valence electrons. The van der Waals surface area contributed by atoms with E-state index in [0.29, 0.717) is 28.8 Å². The molecule has 6 heteroatoms.